The fourth-order valence-corrected chi connectivity index (χ4v) is 7.82. The van der Waals surface area contributed by atoms with Crippen LogP contribution in [0.4, 0.5) is 0 Å². The molecule has 4 aliphatic rings. The molecule has 5 atom stereocenters. The smallest absolute Gasteiger partial charge is 0.120 e. The molecule has 160 valence electrons. The van der Waals surface area contributed by atoms with Gasteiger partial charge < -0.3 is 9.84 Å². The van der Waals surface area contributed by atoms with Crippen LogP contribution in [0, 0.1) is 17.3 Å². The molecule has 0 amide bonds. The van der Waals surface area contributed by atoms with Crippen molar-refractivity contribution >= 4 is 0 Å². The van der Waals surface area contributed by atoms with Crippen LogP contribution in [-0.4, -0.2) is 16.8 Å². The summed E-state index contributed by atoms with van der Waals surface area (Å²) in [5.41, 5.74) is 2.86. The molecule has 4 aliphatic carbocycles. The van der Waals surface area contributed by atoms with Gasteiger partial charge in [0.1, 0.15) is 5.75 Å². The first-order valence-electron chi connectivity index (χ1n) is 12.6. The summed E-state index contributed by atoms with van der Waals surface area (Å²) >= 11 is 0. The van der Waals surface area contributed by atoms with Crippen LogP contribution >= 0.6 is 0 Å². The zero-order valence-corrected chi connectivity index (χ0v) is 18.6. The summed E-state index contributed by atoms with van der Waals surface area (Å²) < 4.78 is 6.29. The van der Waals surface area contributed by atoms with E-state index in [4.69, 9.17) is 4.74 Å². The van der Waals surface area contributed by atoms with Gasteiger partial charge in [-0.1, -0.05) is 32.8 Å². The number of rotatable bonds is 5. The van der Waals surface area contributed by atoms with Crippen molar-refractivity contribution in [2.75, 3.05) is 0 Å². The molecule has 1 N–H and O–H groups in total. The molecule has 1 aromatic rings. The molecular weight excluding hydrogens is 356 g/mol. The summed E-state index contributed by atoms with van der Waals surface area (Å²) in [5, 5.41) is 11.6. The number of fused-ring (bicyclic) bond motifs is 5. The number of benzene rings is 1. The Balaban J connectivity index is 1.35. The predicted molar refractivity (Wildman–Crippen MR) is 118 cm³/mol. The number of aryl methyl sites for hydroxylation is 1. The van der Waals surface area contributed by atoms with Crippen molar-refractivity contribution in [2.45, 2.75) is 115 Å². The van der Waals surface area contributed by atoms with E-state index in [2.05, 4.69) is 32.0 Å². The lowest BCUT2D eigenvalue weighted by atomic mass is 9.53. The lowest BCUT2D eigenvalue weighted by Crippen LogP contribution is -2.50. The Kier molecular flexibility index (Phi) is 5.21. The Hall–Kier alpha value is -1.02. The van der Waals surface area contributed by atoms with Crippen molar-refractivity contribution in [3.63, 3.8) is 0 Å². The standard InChI is InChI=1S/C27H40O2/c1-3-4-15-27(28)17-14-25-24-11-9-19-18-21(29-20-7-5-6-8-20)10-12-22(19)23(24)13-16-26(25,27)2/h10,12,18,20,23-25,28H,3-9,11,13-17H2,1-2H3/t23-,24-,25+,26+,27?/m1/s1. The molecule has 5 rings (SSSR count). The molecule has 0 saturated heterocycles. The Bertz CT molecular complexity index is 736. The minimum absolute atomic E-state index is 0.131. The second-order valence-electron chi connectivity index (χ2n) is 10.9. The van der Waals surface area contributed by atoms with E-state index in [0.717, 1.165) is 24.5 Å². The molecule has 0 radical (unpaired) electrons. The van der Waals surface area contributed by atoms with Gasteiger partial charge in [-0.3, -0.25) is 0 Å². The molecule has 3 fully saturated rings. The quantitative estimate of drug-likeness (QED) is 0.594. The maximum absolute atomic E-state index is 11.6. The third-order valence-corrected chi connectivity index (χ3v) is 9.57. The second kappa shape index (κ2) is 7.59. The highest BCUT2D eigenvalue weighted by Gasteiger charge is 2.60. The molecule has 2 nitrogen and oxygen atoms in total. The van der Waals surface area contributed by atoms with Crippen molar-refractivity contribution in [1.82, 2.24) is 0 Å². The molecule has 2 heteroatoms. The Morgan fingerprint density at radius 1 is 1.07 bits per heavy atom. The Labute approximate surface area is 177 Å². The van der Waals surface area contributed by atoms with Gasteiger partial charge in [-0.25, -0.2) is 0 Å². The number of hydrogen-bond acceptors (Lipinski definition) is 2. The fraction of sp³-hybridized carbons (Fsp3) is 0.778. The number of aliphatic hydroxyl groups is 1. The first-order chi connectivity index (χ1) is 14.0. The van der Waals surface area contributed by atoms with E-state index in [9.17, 15) is 5.11 Å². The van der Waals surface area contributed by atoms with Crippen molar-refractivity contribution in [3.8, 4) is 5.75 Å². The van der Waals surface area contributed by atoms with Gasteiger partial charge in [-0.15, -0.1) is 0 Å². The van der Waals surface area contributed by atoms with Crippen molar-refractivity contribution in [3.05, 3.63) is 29.3 Å². The van der Waals surface area contributed by atoms with Crippen LogP contribution < -0.4 is 4.74 Å². The molecule has 1 aromatic carbocycles. The topological polar surface area (TPSA) is 29.5 Å². The summed E-state index contributed by atoms with van der Waals surface area (Å²) in [6.45, 7) is 4.68. The van der Waals surface area contributed by atoms with Gasteiger partial charge in [-0.2, -0.15) is 0 Å². The molecule has 0 bridgehead atoms. The van der Waals surface area contributed by atoms with Crippen LogP contribution in [0.15, 0.2) is 18.2 Å². The predicted octanol–water partition coefficient (Wildman–Crippen LogP) is 6.79. The van der Waals surface area contributed by atoms with Crippen LogP contribution in [0.3, 0.4) is 0 Å². The van der Waals surface area contributed by atoms with Crippen molar-refractivity contribution < 1.29 is 9.84 Å². The average Bonchev–Trinajstić information content (AvgIpc) is 3.32. The van der Waals surface area contributed by atoms with E-state index in [1.165, 1.54) is 70.6 Å². The van der Waals surface area contributed by atoms with E-state index < -0.39 is 5.60 Å². The van der Waals surface area contributed by atoms with E-state index in [1.807, 2.05) is 0 Å². The minimum atomic E-state index is -0.419. The van der Waals surface area contributed by atoms with E-state index in [-0.39, 0.29) is 5.41 Å². The first kappa shape index (κ1) is 19.9. The Morgan fingerprint density at radius 2 is 1.90 bits per heavy atom. The molecule has 0 heterocycles. The maximum Gasteiger partial charge on any atom is 0.120 e. The van der Waals surface area contributed by atoms with Crippen LogP contribution in [0.5, 0.6) is 5.75 Å². The number of ether oxygens (including phenoxy) is 1. The van der Waals surface area contributed by atoms with Gasteiger partial charge in [0.2, 0.25) is 0 Å². The molecule has 3 saturated carbocycles. The SMILES string of the molecule is CCCCC1(O)CC[C@H]2[C@@H]3CCc4cc(OC5CCCC5)ccc4[C@H]3CC[C@@]21C. The third-order valence-electron chi connectivity index (χ3n) is 9.57. The third kappa shape index (κ3) is 3.25. The van der Waals surface area contributed by atoms with Crippen LogP contribution in [0.25, 0.3) is 0 Å². The van der Waals surface area contributed by atoms with Gasteiger partial charge >= 0.3 is 0 Å². The van der Waals surface area contributed by atoms with Crippen LogP contribution in [0.1, 0.15) is 108 Å². The van der Waals surface area contributed by atoms with Crippen LogP contribution in [0.2, 0.25) is 0 Å². The molecule has 1 unspecified atom stereocenters. The monoisotopic (exact) mass is 396 g/mol. The van der Waals surface area contributed by atoms with Crippen LogP contribution in [-0.2, 0) is 6.42 Å². The zero-order chi connectivity index (χ0) is 20.1. The molecule has 0 aliphatic heterocycles. The molecule has 29 heavy (non-hydrogen) atoms. The average molecular weight is 397 g/mol. The lowest BCUT2D eigenvalue weighted by molar-refractivity contribution is -0.108. The summed E-state index contributed by atoms with van der Waals surface area (Å²) in [6, 6.07) is 7.01. The van der Waals surface area contributed by atoms with Crippen molar-refractivity contribution in [1.29, 1.82) is 0 Å². The summed E-state index contributed by atoms with van der Waals surface area (Å²) in [7, 11) is 0. The highest BCUT2D eigenvalue weighted by molar-refractivity contribution is 5.41. The summed E-state index contributed by atoms with van der Waals surface area (Å²) in [4.78, 5) is 0. The van der Waals surface area contributed by atoms with Gasteiger partial charge in [-0.05, 0) is 117 Å². The Morgan fingerprint density at radius 3 is 2.69 bits per heavy atom. The molecule has 0 aromatic heterocycles. The van der Waals surface area contributed by atoms with Gasteiger partial charge in [0.25, 0.3) is 0 Å². The normalized spacial score (nSPS) is 39.1. The largest absolute Gasteiger partial charge is 0.490 e. The highest BCUT2D eigenvalue weighted by atomic mass is 16.5. The minimum Gasteiger partial charge on any atom is -0.490 e. The fourth-order valence-electron chi connectivity index (χ4n) is 7.82. The van der Waals surface area contributed by atoms with Gasteiger partial charge in [0.15, 0.2) is 0 Å². The summed E-state index contributed by atoms with van der Waals surface area (Å²) in [5.74, 6) is 3.26. The van der Waals surface area contributed by atoms with E-state index in [0.29, 0.717) is 17.9 Å². The molecular formula is C27H40O2. The number of unbranched alkanes of at least 4 members (excludes halogenated alkanes) is 1. The van der Waals surface area contributed by atoms with Gasteiger partial charge in [0.05, 0.1) is 11.7 Å². The summed E-state index contributed by atoms with van der Waals surface area (Å²) in [6.07, 6.45) is 16.1. The molecule has 0 spiro atoms. The maximum atomic E-state index is 11.6. The second-order valence-corrected chi connectivity index (χ2v) is 10.9. The number of hydrogen-bond donors (Lipinski definition) is 1. The van der Waals surface area contributed by atoms with Gasteiger partial charge in [0, 0.05) is 0 Å². The van der Waals surface area contributed by atoms with E-state index in [1.54, 1.807) is 11.1 Å². The first-order valence-corrected chi connectivity index (χ1v) is 12.6. The lowest BCUT2D eigenvalue weighted by Gasteiger charge is -2.53. The van der Waals surface area contributed by atoms with E-state index >= 15 is 0 Å². The van der Waals surface area contributed by atoms with Crippen molar-refractivity contribution in [2.24, 2.45) is 17.3 Å². The zero-order valence-electron chi connectivity index (χ0n) is 18.6. The highest BCUT2D eigenvalue weighted by Crippen LogP contribution is 2.65.